The maximum atomic E-state index is 12.9. The summed E-state index contributed by atoms with van der Waals surface area (Å²) < 4.78 is 16.8. The van der Waals surface area contributed by atoms with Crippen LogP contribution in [0.4, 0.5) is 0 Å². The average Bonchev–Trinajstić information content (AvgIpc) is 3.46. The van der Waals surface area contributed by atoms with E-state index in [1.54, 1.807) is 0 Å². The molecular weight excluding hydrogens is 985 g/mol. The van der Waals surface area contributed by atoms with Crippen molar-refractivity contribution in [2.75, 3.05) is 13.2 Å². The van der Waals surface area contributed by atoms with Gasteiger partial charge in [0.1, 0.15) is 13.2 Å². The van der Waals surface area contributed by atoms with Crippen LogP contribution in [0.5, 0.6) is 0 Å². The quantitative estimate of drug-likeness (QED) is 0.0261. The zero-order valence-electron chi connectivity index (χ0n) is 51.3. The first kappa shape index (κ1) is 74.8. The van der Waals surface area contributed by atoms with Crippen molar-refractivity contribution < 1.29 is 28.6 Å². The molecule has 0 saturated carbocycles. The molecule has 1 atom stereocenters. The lowest BCUT2D eigenvalue weighted by Gasteiger charge is -2.18. The van der Waals surface area contributed by atoms with E-state index in [-0.39, 0.29) is 44.0 Å². The third-order valence-electron chi connectivity index (χ3n) is 13.0. The van der Waals surface area contributed by atoms with Crippen molar-refractivity contribution in [3.05, 3.63) is 170 Å². The van der Waals surface area contributed by atoms with E-state index in [2.05, 4.69) is 191 Å². The van der Waals surface area contributed by atoms with Crippen LogP contribution in [0.15, 0.2) is 170 Å². The van der Waals surface area contributed by atoms with Crippen molar-refractivity contribution in [3.63, 3.8) is 0 Å². The molecule has 0 spiro atoms. The molecule has 0 heterocycles. The van der Waals surface area contributed by atoms with Gasteiger partial charge in [0.15, 0.2) is 6.10 Å². The van der Waals surface area contributed by atoms with Gasteiger partial charge in [-0.15, -0.1) is 0 Å². The minimum absolute atomic E-state index is 0.115. The van der Waals surface area contributed by atoms with Gasteiger partial charge in [0.05, 0.1) is 0 Å². The minimum atomic E-state index is -0.828. The average molecular weight is 1100 g/mol. The molecule has 0 rings (SSSR count). The fourth-order valence-corrected chi connectivity index (χ4v) is 8.23. The predicted molar refractivity (Wildman–Crippen MR) is 348 cm³/mol. The predicted octanol–water partition coefficient (Wildman–Crippen LogP) is 22.3. The van der Waals surface area contributed by atoms with Crippen LogP contribution >= 0.6 is 0 Å². The van der Waals surface area contributed by atoms with Gasteiger partial charge >= 0.3 is 17.9 Å². The summed E-state index contributed by atoms with van der Waals surface area (Å²) in [7, 11) is 0. The molecule has 0 aromatic carbocycles. The molecule has 0 aliphatic heterocycles. The van der Waals surface area contributed by atoms with Gasteiger partial charge in [0.2, 0.25) is 0 Å². The molecule has 0 amide bonds. The van der Waals surface area contributed by atoms with E-state index < -0.39 is 6.10 Å². The van der Waals surface area contributed by atoms with Gasteiger partial charge in [-0.2, -0.15) is 0 Å². The van der Waals surface area contributed by atoms with E-state index in [4.69, 9.17) is 14.2 Å². The normalized spacial score (nSPS) is 13.3. The van der Waals surface area contributed by atoms with Crippen molar-refractivity contribution in [1.29, 1.82) is 0 Å². The fourth-order valence-electron chi connectivity index (χ4n) is 8.23. The van der Waals surface area contributed by atoms with Gasteiger partial charge in [0, 0.05) is 19.3 Å². The minimum Gasteiger partial charge on any atom is -0.462 e. The van der Waals surface area contributed by atoms with Gasteiger partial charge in [-0.25, -0.2) is 0 Å². The Morgan fingerprint density at radius 1 is 0.263 bits per heavy atom. The van der Waals surface area contributed by atoms with E-state index in [0.717, 1.165) is 135 Å². The monoisotopic (exact) mass is 1100 g/mol. The third-order valence-corrected chi connectivity index (χ3v) is 13.0. The number of esters is 3. The molecule has 0 radical (unpaired) electrons. The Labute approximate surface area is 492 Å². The number of hydrogen-bond acceptors (Lipinski definition) is 6. The van der Waals surface area contributed by atoms with Crippen molar-refractivity contribution in [2.24, 2.45) is 0 Å². The van der Waals surface area contributed by atoms with E-state index in [0.29, 0.717) is 19.3 Å². The summed E-state index contributed by atoms with van der Waals surface area (Å²) in [6.45, 7) is 6.34. The molecule has 6 nitrogen and oxygen atoms in total. The number of allylic oxidation sites excluding steroid dienone is 28. The number of carbonyl (C=O) groups is 3. The summed E-state index contributed by atoms with van der Waals surface area (Å²) in [5, 5.41) is 0. The van der Waals surface area contributed by atoms with Crippen LogP contribution in [0.1, 0.15) is 258 Å². The van der Waals surface area contributed by atoms with Crippen molar-refractivity contribution in [2.45, 2.75) is 264 Å². The topological polar surface area (TPSA) is 78.9 Å². The van der Waals surface area contributed by atoms with Gasteiger partial charge in [-0.05, 0) is 135 Å². The Hall–Kier alpha value is -5.23. The molecule has 0 bridgehead atoms. The summed E-state index contributed by atoms with van der Waals surface area (Å²) in [6, 6.07) is 0. The lowest BCUT2D eigenvalue weighted by molar-refractivity contribution is -0.167. The van der Waals surface area contributed by atoms with Crippen LogP contribution in [0.2, 0.25) is 0 Å². The Balaban J connectivity index is 4.54. The van der Waals surface area contributed by atoms with Gasteiger partial charge in [-0.1, -0.05) is 274 Å². The first-order chi connectivity index (χ1) is 39.5. The zero-order valence-corrected chi connectivity index (χ0v) is 51.3. The molecule has 6 heteroatoms. The number of hydrogen-bond donors (Lipinski definition) is 0. The second kappa shape index (κ2) is 66.3. The summed E-state index contributed by atoms with van der Waals surface area (Å²) in [5.74, 6) is -1.01. The van der Waals surface area contributed by atoms with E-state index in [1.807, 2.05) is 0 Å². The highest BCUT2D eigenvalue weighted by Gasteiger charge is 2.19. The number of rotatable bonds is 56. The molecule has 0 saturated heterocycles. The molecule has 0 aliphatic carbocycles. The summed E-state index contributed by atoms with van der Waals surface area (Å²) in [6.07, 6.45) is 97.9. The molecule has 80 heavy (non-hydrogen) atoms. The smallest absolute Gasteiger partial charge is 0.306 e. The second-order valence-electron chi connectivity index (χ2n) is 20.6. The SMILES string of the molecule is CC/C=C\C/C=C\C/C=C\C/C=C\C/C=C\C/C=C\C/C=C\C/C=C\CCCCC(=O)OCC(COC(=O)CCCCCCCCCCCCCCCC)OC(=O)CCCC/C=C\C/C=C\C/C=C\C/C=C\C/C=C\C/C=C\CC. The molecule has 0 aromatic rings. The first-order valence-electron chi connectivity index (χ1n) is 32.1. The van der Waals surface area contributed by atoms with E-state index in [9.17, 15) is 14.4 Å². The Bertz CT molecular complexity index is 1840. The van der Waals surface area contributed by atoms with Crippen LogP contribution in [0.3, 0.4) is 0 Å². The maximum Gasteiger partial charge on any atom is 0.306 e. The highest BCUT2D eigenvalue weighted by Crippen LogP contribution is 2.15. The van der Waals surface area contributed by atoms with Crippen LogP contribution in [-0.2, 0) is 28.6 Å². The number of ether oxygens (including phenoxy) is 3. The van der Waals surface area contributed by atoms with Crippen molar-refractivity contribution in [3.8, 4) is 0 Å². The molecular formula is C74H116O6. The van der Waals surface area contributed by atoms with Gasteiger partial charge in [0.25, 0.3) is 0 Å². The Morgan fingerprint density at radius 3 is 0.762 bits per heavy atom. The summed E-state index contributed by atoms with van der Waals surface area (Å²) >= 11 is 0. The largest absolute Gasteiger partial charge is 0.462 e. The molecule has 0 N–H and O–H groups in total. The van der Waals surface area contributed by atoms with Gasteiger partial charge in [-0.3, -0.25) is 14.4 Å². The van der Waals surface area contributed by atoms with Gasteiger partial charge < -0.3 is 14.2 Å². The van der Waals surface area contributed by atoms with Crippen molar-refractivity contribution in [1.82, 2.24) is 0 Å². The summed E-state index contributed by atoms with van der Waals surface area (Å²) in [5.41, 5.74) is 0. The van der Waals surface area contributed by atoms with Crippen molar-refractivity contribution >= 4 is 17.9 Å². The zero-order chi connectivity index (χ0) is 57.8. The van der Waals surface area contributed by atoms with E-state index in [1.165, 1.54) is 70.6 Å². The second-order valence-corrected chi connectivity index (χ2v) is 20.6. The fraction of sp³-hybridized carbons (Fsp3) is 0.581. The Morgan fingerprint density at radius 2 is 0.487 bits per heavy atom. The van der Waals surface area contributed by atoms with Crippen LogP contribution < -0.4 is 0 Å². The number of carbonyl (C=O) groups excluding carboxylic acids is 3. The molecule has 0 fully saturated rings. The standard InChI is InChI=1S/C74H116O6/c1-4-7-10-13-16-19-22-25-28-30-32-34-35-36-37-38-39-41-42-44-46-49-52-55-58-61-64-67-73(76)79-70-71(69-78-72(75)66-63-60-57-54-51-48-27-24-21-18-15-12-9-6-3)80-74(77)68-65-62-59-56-53-50-47-45-43-40-33-31-29-26-23-20-17-14-11-8-5-2/h7-8,10-11,16-17,19-20,25-26,28-29,32-34,36-37,39-41,44-47,52-53,55-56,71H,4-6,9,12-15,18,21-24,27,30-31,35,38,42-43,48-51,54,57-70H2,1-3H3/b10-7-,11-8-,19-16-,20-17-,28-25-,29-26-,34-32-,37-36-,40-33-,41-39-,46-44-,47-45-,55-52-,56-53-. The molecule has 0 aromatic heterocycles. The van der Waals surface area contributed by atoms with E-state index >= 15 is 0 Å². The Kier molecular flexibility index (Phi) is 61.9. The third kappa shape index (κ3) is 63.6. The molecule has 448 valence electrons. The highest BCUT2D eigenvalue weighted by atomic mass is 16.6. The highest BCUT2D eigenvalue weighted by molar-refractivity contribution is 5.71. The van der Waals surface area contributed by atoms with Crippen LogP contribution in [-0.4, -0.2) is 37.2 Å². The number of unbranched alkanes of at least 4 members (excludes halogenated alkanes) is 17. The van der Waals surface area contributed by atoms with Crippen LogP contribution in [0, 0.1) is 0 Å². The molecule has 1 unspecified atom stereocenters. The lowest BCUT2D eigenvalue weighted by atomic mass is 10.0. The lowest BCUT2D eigenvalue weighted by Crippen LogP contribution is -2.30. The van der Waals surface area contributed by atoms with Crippen LogP contribution in [0.25, 0.3) is 0 Å². The maximum absolute atomic E-state index is 12.9. The first-order valence-corrected chi connectivity index (χ1v) is 32.1. The summed E-state index contributed by atoms with van der Waals surface area (Å²) in [4.78, 5) is 38.3. The molecule has 0 aliphatic rings.